The summed E-state index contributed by atoms with van der Waals surface area (Å²) in [5.41, 5.74) is 0.792. The Kier molecular flexibility index (Phi) is 2.83. The van der Waals surface area contributed by atoms with E-state index in [4.69, 9.17) is 0 Å². The molecule has 0 aromatic carbocycles. The van der Waals surface area contributed by atoms with Gasteiger partial charge in [-0.1, -0.05) is 19.1 Å². The fraction of sp³-hybridized carbons (Fsp3) is 0.636. The summed E-state index contributed by atoms with van der Waals surface area (Å²) >= 11 is 0. The largest absolute Gasteiger partial charge is 0.312 e. The normalized spacial score (nSPS) is 16.2. The Bertz CT molecular complexity index is 523. The monoisotopic (exact) mass is 247 g/mol. The molecule has 0 aliphatic carbocycles. The van der Waals surface area contributed by atoms with Gasteiger partial charge in [-0.25, -0.2) is 4.68 Å². The second-order valence-corrected chi connectivity index (χ2v) is 5.10. The van der Waals surface area contributed by atoms with Gasteiger partial charge in [0.05, 0.1) is 12.2 Å². The predicted octanol–water partition coefficient (Wildman–Crippen LogP) is 0.337. The lowest BCUT2D eigenvalue weighted by molar-refractivity contribution is 0.313. The first-order chi connectivity index (χ1) is 8.74. The van der Waals surface area contributed by atoms with Gasteiger partial charge in [-0.15, -0.1) is 15.3 Å². The van der Waals surface area contributed by atoms with Crippen LogP contribution in [0.4, 0.5) is 0 Å². The van der Waals surface area contributed by atoms with Crippen molar-refractivity contribution in [3.05, 3.63) is 12.5 Å². The van der Waals surface area contributed by atoms with Gasteiger partial charge >= 0.3 is 0 Å². The zero-order valence-corrected chi connectivity index (χ0v) is 10.6. The maximum atomic E-state index is 4.19. The standard InChI is InChI=1S/C11H17N7/c1-8(2)5-17-7-13-15-11(17)10-6-18(16-14-10)9-3-12-4-9/h6-9,12H,3-5H2,1-2H3. The molecule has 1 N–H and O–H groups in total. The zero-order chi connectivity index (χ0) is 12.5. The molecular formula is C11H17N7. The number of nitrogens with zero attached hydrogens (tertiary/aromatic N) is 6. The van der Waals surface area contributed by atoms with Crippen molar-refractivity contribution in [3.63, 3.8) is 0 Å². The molecule has 7 heteroatoms. The van der Waals surface area contributed by atoms with Gasteiger partial charge in [0.25, 0.3) is 0 Å². The van der Waals surface area contributed by atoms with E-state index < -0.39 is 0 Å². The third-order valence-electron chi connectivity index (χ3n) is 3.05. The molecule has 18 heavy (non-hydrogen) atoms. The van der Waals surface area contributed by atoms with Gasteiger partial charge in [-0.3, -0.25) is 0 Å². The minimum atomic E-state index is 0.424. The van der Waals surface area contributed by atoms with Crippen molar-refractivity contribution in [2.75, 3.05) is 13.1 Å². The number of nitrogens with one attached hydrogen (secondary N) is 1. The van der Waals surface area contributed by atoms with E-state index in [1.54, 1.807) is 6.33 Å². The van der Waals surface area contributed by atoms with Crippen LogP contribution in [-0.4, -0.2) is 42.8 Å². The van der Waals surface area contributed by atoms with E-state index in [0.717, 1.165) is 31.2 Å². The second-order valence-electron chi connectivity index (χ2n) is 5.10. The SMILES string of the molecule is CC(C)Cn1cnnc1-c1cn(C2CNC2)nn1. The Labute approximate surface area is 105 Å². The highest BCUT2D eigenvalue weighted by atomic mass is 15.5. The molecule has 0 bridgehead atoms. The smallest absolute Gasteiger partial charge is 0.185 e. The summed E-state index contributed by atoms with van der Waals surface area (Å²) in [6.45, 7) is 7.14. The fourth-order valence-electron chi connectivity index (χ4n) is 2.00. The lowest BCUT2D eigenvalue weighted by atomic mass is 10.2. The molecule has 96 valence electrons. The molecule has 7 nitrogen and oxygen atoms in total. The number of rotatable bonds is 4. The summed E-state index contributed by atoms with van der Waals surface area (Å²) in [6.07, 6.45) is 3.70. The lowest BCUT2D eigenvalue weighted by Crippen LogP contribution is -2.43. The van der Waals surface area contributed by atoms with Gasteiger partial charge in [0.2, 0.25) is 0 Å². The summed E-state index contributed by atoms with van der Waals surface area (Å²) in [7, 11) is 0. The molecule has 0 amide bonds. The Morgan fingerprint density at radius 3 is 2.89 bits per heavy atom. The van der Waals surface area contributed by atoms with Gasteiger partial charge in [0, 0.05) is 19.6 Å². The van der Waals surface area contributed by atoms with Crippen molar-refractivity contribution < 1.29 is 0 Å². The Balaban J connectivity index is 1.85. The molecule has 1 saturated heterocycles. The third kappa shape index (κ3) is 2.01. The zero-order valence-electron chi connectivity index (χ0n) is 10.6. The van der Waals surface area contributed by atoms with Gasteiger partial charge in [0.1, 0.15) is 6.33 Å². The summed E-state index contributed by atoms with van der Waals surface area (Å²) < 4.78 is 3.93. The maximum Gasteiger partial charge on any atom is 0.185 e. The molecular weight excluding hydrogens is 230 g/mol. The minimum Gasteiger partial charge on any atom is -0.312 e. The van der Waals surface area contributed by atoms with E-state index in [1.165, 1.54) is 0 Å². The van der Waals surface area contributed by atoms with Gasteiger partial charge in [-0.05, 0) is 5.92 Å². The highest BCUT2D eigenvalue weighted by Crippen LogP contribution is 2.17. The van der Waals surface area contributed by atoms with E-state index in [9.17, 15) is 0 Å². The molecule has 0 radical (unpaired) electrons. The first-order valence-corrected chi connectivity index (χ1v) is 6.25. The van der Waals surface area contributed by atoms with Crippen LogP contribution in [0.3, 0.4) is 0 Å². The topological polar surface area (TPSA) is 73.5 Å². The fourth-order valence-corrected chi connectivity index (χ4v) is 2.00. The van der Waals surface area contributed by atoms with Crippen molar-refractivity contribution in [2.45, 2.75) is 26.4 Å². The van der Waals surface area contributed by atoms with E-state index in [-0.39, 0.29) is 0 Å². The van der Waals surface area contributed by atoms with Crippen LogP contribution >= 0.6 is 0 Å². The third-order valence-corrected chi connectivity index (χ3v) is 3.05. The van der Waals surface area contributed by atoms with Crippen molar-refractivity contribution in [1.82, 2.24) is 35.1 Å². The summed E-state index contributed by atoms with van der Waals surface area (Å²) in [5, 5.41) is 19.7. The molecule has 1 aliphatic heterocycles. The van der Waals surface area contributed by atoms with E-state index in [0.29, 0.717) is 12.0 Å². The van der Waals surface area contributed by atoms with Gasteiger partial charge in [0.15, 0.2) is 11.5 Å². The van der Waals surface area contributed by atoms with E-state index >= 15 is 0 Å². The number of hydrogen-bond donors (Lipinski definition) is 1. The highest BCUT2D eigenvalue weighted by molar-refractivity contribution is 5.46. The summed E-state index contributed by atoms with van der Waals surface area (Å²) in [6, 6.07) is 0.424. The number of aromatic nitrogens is 6. The molecule has 0 atom stereocenters. The first kappa shape index (κ1) is 11.3. The van der Waals surface area contributed by atoms with Crippen LogP contribution in [0.2, 0.25) is 0 Å². The van der Waals surface area contributed by atoms with Gasteiger partial charge in [-0.2, -0.15) is 0 Å². The van der Waals surface area contributed by atoms with E-state index in [2.05, 4.69) is 39.7 Å². The van der Waals surface area contributed by atoms with Crippen molar-refractivity contribution in [1.29, 1.82) is 0 Å². The van der Waals surface area contributed by atoms with Crippen molar-refractivity contribution in [3.8, 4) is 11.5 Å². The molecule has 0 spiro atoms. The van der Waals surface area contributed by atoms with Crippen LogP contribution < -0.4 is 5.32 Å². The van der Waals surface area contributed by atoms with Crippen molar-refractivity contribution >= 4 is 0 Å². The highest BCUT2D eigenvalue weighted by Gasteiger charge is 2.21. The quantitative estimate of drug-likeness (QED) is 0.843. The summed E-state index contributed by atoms with van der Waals surface area (Å²) in [4.78, 5) is 0. The maximum absolute atomic E-state index is 4.19. The minimum absolute atomic E-state index is 0.424. The Morgan fingerprint density at radius 2 is 2.22 bits per heavy atom. The molecule has 3 heterocycles. The van der Waals surface area contributed by atoms with Crippen LogP contribution in [0.15, 0.2) is 12.5 Å². The van der Waals surface area contributed by atoms with Crippen LogP contribution in [0.1, 0.15) is 19.9 Å². The van der Waals surface area contributed by atoms with Crippen molar-refractivity contribution in [2.24, 2.45) is 5.92 Å². The van der Waals surface area contributed by atoms with E-state index in [1.807, 2.05) is 15.4 Å². The number of hydrogen-bond acceptors (Lipinski definition) is 5. The van der Waals surface area contributed by atoms with Crippen LogP contribution in [0.5, 0.6) is 0 Å². The van der Waals surface area contributed by atoms with Gasteiger partial charge < -0.3 is 9.88 Å². The molecule has 1 aliphatic rings. The molecule has 0 saturated carbocycles. The first-order valence-electron chi connectivity index (χ1n) is 6.25. The molecule has 3 rings (SSSR count). The predicted molar refractivity (Wildman–Crippen MR) is 65.8 cm³/mol. The average Bonchev–Trinajstić information content (AvgIpc) is 2.83. The Morgan fingerprint density at radius 1 is 1.39 bits per heavy atom. The molecule has 2 aromatic rings. The van der Waals surface area contributed by atoms with Crippen LogP contribution in [0, 0.1) is 5.92 Å². The van der Waals surface area contributed by atoms with Crippen LogP contribution in [-0.2, 0) is 6.54 Å². The second kappa shape index (κ2) is 4.49. The molecule has 1 fully saturated rings. The molecule has 2 aromatic heterocycles. The van der Waals surface area contributed by atoms with Crippen LogP contribution in [0.25, 0.3) is 11.5 Å². The Hall–Kier alpha value is -1.76. The average molecular weight is 247 g/mol. The lowest BCUT2D eigenvalue weighted by Gasteiger charge is -2.26. The molecule has 0 unspecified atom stereocenters. The summed E-state index contributed by atoms with van der Waals surface area (Å²) in [5.74, 6) is 1.34.